The smallest absolute Gasteiger partial charge is 0.378 e. The molecule has 1 aliphatic heterocycles. The zero-order valence-corrected chi connectivity index (χ0v) is 11.7. The molecule has 0 aromatic heterocycles. The first-order chi connectivity index (χ1) is 9.25. The monoisotopic (exact) mass is 290 g/mol. The molecule has 0 aromatic carbocycles. The van der Waals surface area contributed by atoms with Crippen LogP contribution in [0.15, 0.2) is 0 Å². The molecular formula is C14H21F3N2O. The summed E-state index contributed by atoms with van der Waals surface area (Å²) >= 11 is 0. The van der Waals surface area contributed by atoms with Crippen LogP contribution in [0.3, 0.4) is 0 Å². The Labute approximate surface area is 117 Å². The van der Waals surface area contributed by atoms with Crippen molar-refractivity contribution in [2.45, 2.75) is 63.3 Å². The van der Waals surface area contributed by atoms with Gasteiger partial charge in [-0.05, 0) is 37.5 Å². The van der Waals surface area contributed by atoms with Gasteiger partial charge in [0.05, 0.1) is 6.07 Å². The lowest BCUT2D eigenvalue weighted by Gasteiger charge is -2.52. The number of alkyl halides is 3. The van der Waals surface area contributed by atoms with E-state index in [-0.39, 0.29) is 24.5 Å². The summed E-state index contributed by atoms with van der Waals surface area (Å²) in [6.07, 6.45) is 0.368. The van der Waals surface area contributed by atoms with Crippen LogP contribution in [0.1, 0.15) is 45.4 Å². The van der Waals surface area contributed by atoms with E-state index in [9.17, 15) is 18.3 Å². The van der Waals surface area contributed by atoms with Gasteiger partial charge in [0.1, 0.15) is 0 Å². The summed E-state index contributed by atoms with van der Waals surface area (Å²) in [5, 5.41) is 18.4. The first-order valence-corrected chi connectivity index (χ1v) is 7.15. The highest BCUT2D eigenvalue weighted by Crippen LogP contribution is 2.46. The summed E-state index contributed by atoms with van der Waals surface area (Å²) in [6, 6.07) is 2.35. The van der Waals surface area contributed by atoms with Crippen molar-refractivity contribution < 1.29 is 18.3 Å². The average molecular weight is 290 g/mol. The third-order valence-corrected chi connectivity index (χ3v) is 5.19. The molecule has 1 N–H and O–H groups in total. The number of aliphatic hydroxyl groups is 1. The Morgan fingerprint density at radius 3 is 2.25 bits per heavy atom. The second-order valence-electron chi connectivity index (χ2n) is 6.35. The van der Waals surface area contributed by atoms with Crippen LogP contribution in [0.4, 0.5) is 13.2 Å². The lowest BCUT2D eigenvalue weighted by Crippen LogP contribution is -2.71. The van der Waals surface area contributed by atoms with Crippen LogP contribution < -0.4 is 0 Å². The van der Waals surface area contributed by atoms with Crippen LogP contribution >= 0.6 is 0 Å². The van der Waals surface area contributed by atoms with E-state index < -0.39 is 11.8 Å². The van der Waals surface area contributed by atoms with Crippen molar-refractivity contribution in [3.63, 3.8) is 0 Å². The van der Waals surface area contributed by atoms with Crippen molar-refractivity contribution >= 4 is 0 Å². The molecule has 2 fully saturated rings. The van der Waals surface area contributed by atoms with Gasteiger partial charge in [0.25, 0.3) is 0 Å². The molecule has 0 unspecified atom stereocenters. The van der Waals surface area contributed by atoms with E-state index in [4.69, 9.17) is 5.26 Å². The number of β-amino-alcohol motifs (C(OH)–C–C–N with tert-alkyl or cyclic N) is 1. The number of hydrogen-bond acceptors (Lipinski definition) is 3. The Morgan fingerprint density at radius 1 is 1.30 bits per heavy atom. The maximum atomic E-state index is 12.6. The van der Waals surface area contributed by atoms with E-state index in [1.807, 2.05) is 0 Å². The Kier molecular flexibility index (Phi) is 4.05. The Balaban J connectivity index is 1.87. The molecule has 0 radical (unpaired) electrons. The predicted molar refractivity (Wildman–Crippen MR) is 67.8 cm³/mol. The second kappa shape index (κ2) is 5.19. The Morgan fingerprint density at radius 2 is 1.85 bits per heavy atom. The lowest BCUT2D eigenvalue weighted by molar-refractivity contribution is -0.307. The topological polar surface area (TPSA) is 47.3 Å². The molecule has 0 aromatic rings. The van der Waals surface area contributed by atoms with Crippen LogP contribution in [0.2, 0.25) is 0 Å². The van der Waals surface area contributed by atoms with E-state index in [1.54, 1.807) is 4.90 Å². The normalized spacial score (nSPS) is 34.3. The molecular weight excluding hydrogens is 269 g/mol. The van der Waals surface area contributed by atoms with E-state index in [1.165, 1.54) is 0 Å². The number of likely N-dealkylation sites (tertiary alicyclic amines) is 1. The Hall–Kier alpha value is -0.800. The molecule has 2 aliphatic rings. The van der Waals surface area contributed by atoms with E-state index in [0.29, 0.717) is 6.42 Å². The van der Waals surface area contributed by atoms with Crippen LogP contribution in [0.5, 0.6) is 0 Å². The van der Waals surface area contributed by atoms with Gasteiger partial charge >= 0.3 is 6.18 Å². The summed E-state index contributed by atoms with van der Waals surface area (Å²) < 4.78 is 37.8. The largest absolute Gasteiger partial charge is 0.419 e. The predicted octanol–water partition coefficient (Wildman–Crippen LogP) is 2.85. The minimum absolute atomic E-state index is 0.0520. The molecule has 114 valence electrons. The fourth-order valence-corrected chi connectivity index (χ4v) is 3.47. The number of rotatable bonds is 3. The van der Waals surface area contributed by atoms with Crippen LogP contribution in [-0.2, 0) is 0 Å². The van der Waals surface area contributed by atoms with Crippen molar-refractivity contribution in [1.82, 2.24) is 4.90 Å². The van der Waals surface area contributed by atoms with Gasteiger partial charge in [-0.3, -0.25) is 4.90 Å². The van der Waals surface area contributed by atoms with E-state index >= 15 is 0 Å². The minimum Gasteiger partial charge on any atom is -0.378 e. The molecule has 1 saturated carbocycles. The molecule has 1 heterocycles. The molecule has 0 bridgehead atoms. The summed E-state index contributed by atoms with van der Waals surface area (Å²) in [5.41, 5.74) is -2.46. The maximum absolute atomic E-state index is 12.6. The zero-order valence-electron chi connectivity index (χ0n) is 11.7. The van der Waals surface area contributed by atoms with Crippen molar-refractivity contribution in [1.29, 1.82) is 5.26 Å². The lowest BCUT2D eigenvalue weighted by atomic mass is 9.68. The third-order valence-electron chi connectivity index (χ3n) is 5.19. The van der Waals surface area contributed by atoms with E-state index in [0.717, 1.165) is 32.1 Å². The first kappa shape index (κ1) is 15.6. The fraction of sp³-hybridized carbons (Fsp3) is 0.929. The second-order valence-corrected chi connectivity index (χ2v) is 6.35. The zero-order chi connectivity index (χ0) is 15.0. The van der Waals surface area contributed by atoms with Gasteiger partial charge < -0.3 is 5.11 Å². The van der Waals surface area contributed by atoms with Crippen LogP contribution in [-0.4, -0.2) is 40.9 Å². The van der Waals surface area contributed by atoms with Crippen LogP contribution in [0.25, 0.3) is 0 Å². The third kappa shape index (κ3) is 2.66. The van der Waals surface area contributed by atoms with Gasteiger partial charge in [-0.1, -0.05) is 6.92 Å². The van der Waals surface area contributed by atoms with E-state index in [2.05, 4.69) is 13.0 Å². The highest BCUT2D eigenvalue weighted by Gasteiger charge is 2.62. The summed E-state index contributed by atoms with van der Waals surface area (Å²) in [4.78, 5) is 1.74. The first-order valence-electron chi connectivity index (χ1n) is 7.15. The molecule has 1 saturated heterocycles. The summed E-state index contributed by atoms with van der Waals surface area (Å²) in [5.74, 6) is 0. The van der Waals surface area contributed by atoms with Gasteiger partial charge in [0.15, 0.2) is 5.60 Å². The molecule has 2 rings (SSSR count). The minimum atomic E-state index is -4.54. The average Bonchev–Trinajstić information content (AvgIpc) is 2.35. The SMILES string of the molecule is CCC1(CC#N)CCC(N2CC(O)(C(F)(F)F)C2)CC1. The highest BCUT2D eigenvalue weighted by atomic mass is 19.4. The van der Waals surface area contributed by atoms with Crippen molar-refractivity contribution in [3.05, 3.63) is 0 Å². The summed E-state index contributed by atoms with van der Waals surface area (Å²) in [7, 11) is 0. The molecule has 6 heteroatoms. The fourth-order valence-electron chi connectivity index (χ4n) is 3.47. The maximum Gasteiger partial charge on any atom is 0.419 e. The number of halogens is 3. The van der Waals surface area contributed by atoms with Crippen LogP contribution in [0, 0.1) is 16.7 Å². The highest BCUT2D eigenvalue weighted by molar-refractivity contribution is 5.04. The standard InChI is InChI=1S/C14H21F3N2O/c1-2-12(7-8-18)5-3-11(4-6-12)19-9-13(20,10-19)14(15,16)17/h11,20H,2-7,9-10H2,1H3. The quantitative estimate of drug-likeness (QED) is 0.869. The van der Waals surface area contributed by atoms with Crippen molar-refractivity contribution in [2.75, 3.05) is 13.1 Å². The molecule has 0 atom stereocenters. The molecule has 3 nitrogen and oxygen atoms in total. The number of nitrogens with zero attached hydrogens (tertiary/aromatic N) is 2. The molecule has 20 heavy (non-hydrogen) atoms. The van der Waals surface area contributed by atoms with Crippen molar-refractivity contribution in [2.24, 2.45) is 5.41 Å². The van der Waals surface area contributed by atoms with Gasteiger partial charge in [0, 0.05) is 25.6 Å². The van der Waals surface area contributed by atoms with Gasteiger partial charge in [-0.2, -0.15) is 18.4 Å². The van der Waals surface area contributed by atoms with Gasteiger partial charge in [-0.25, -0.2) is 0 Å². The molecule has 0 amide bonds. The molecule has 1 aliphatic carbocycles. The van der Waals surface area contributed by atoms with Crippen molar-refractivity contribution in [3.8, 4) is 6.07 Å². The van der Waals surface area contributed by atoms with Gasteiger partial charge in [0.2, 0.25) is 0 Å². The summed E-state index contributed by atoms with van der Waals surface area (Å²) in [6.45, 7) is 1.46. The van der Waals surface area contributed by atoms with Gasteiger partial charge in [-0.15, -0.1) is 0 Å². The number of nitriles is 1. The number of hydrogen-bond donors (Lipinski definition) is 1. The Bertz CT molecular complexity index is 388. The molecule has 0 spiro atoms.